The molecule has 0 aliphatic rings. The number of rotatable bonds is 4. The average Bonchev–Trinajstić information content (AvgIpc) is 2.73. The van der Waals surface area contributed by atoms with Gasteiger partial charge in [0.2, 0.25) is 5.69 Å². The first kappa shape index (κ1) is 12.7. The highest BCUT2D eigenvalue weighted by atomic mass is 19.1. The monoisotopic (exact) mass is 265 g/mol. The predicted molar refractivity (Wildman–Crippen MR) is 61.3 cm³/mol. The number of aromatic carboxylic acids is 1. The SMILES string of the molecule is O=C(O)c1nn(Cc2cccc(F)c2)cc1[N+](=O)[O-]. The Balaban J connectivity index is 2.34. The van der Waals surface area contributed by atoms with E-state index in [-0.39, 0.29) is 6.54 Å². The molecule has 0 fully saturated rings. The lowest BCUT2D eigenvalue weighted by Gasteiger charge is -2.00. The van der Waals surface area contributed by atoms with E-state index in [9.17, 15) is 19.3 Å². The first-order valence-electron chi connectivity index (χ1n) is 5.17. The van der Waals surface area contributed by atoms with Crippen molar-refractivity contribution in [2.75, 3.05) is 0 Å². The topological polar surface area (TPSA) is 98.3 Å². The van der Waals surface area contributed by atoms with Gasteiger partial charge in [-0.3, -0.25) is 14.8 Å². The van der Waals surface area contributed by atoms with Gasteiger partial charge >= 0.3 is 11.7 Å². The Hall–Kier alpha value is -2.77. The highest BCUT2D eigenvalue weighted by molar-refractivity contribution is 5.89. The molecule has 0 aliphatic heterocycles. The molecule has 8 heteroatoms. The maximum atomic E-state index is 13.0. The Kier molecular flexibility index (Phi) is 3.23. The summed E-state index contributed by atoms with van der Waals surface area (Å²) < 4.78 is 14.1. The summed E-state index contributed by atoms with van der Waals surface area (Å²) >= 11 is 0. The summed E-state index contributed by atoms with van der Waals surface area (Å²) in [4.78, 5) is 20.7. The Labute approximate surface area is 106 Å². The molecule has 1 aromatic carbocycles. The molecule has 98 valence electrons. The number of benzene rings is 1. The molecule has 2 rings (SSSR count). The van der Waals surface area contributed by atoms with Gasteiger partial charge in [0.15, 0.2) is 0 Å². The highest BCUT2D eigenvalue weighted by Crippen LogP contribution is 2.17. The van der Waals surface area contributed by atoms with Gasteiger partial charge in [0.1, 0.15) is 12.0 Å². The summed E-state index contributed by atoms with van der Waals surface area (Å²) in [5, 5.41) is 23.1. The molecule has 0 aliphatic carbocycles. The molecule has 0 unspecified atom stereocenters. The minimum atomic E-state index is -1.48. The van der Waals surface area contributed by atoms with Crippen LogP contribution in [0, 0.1) is 15.9 Å². The molecule has 1 N–H and O–H groups in total. The van der Waals surface area contributed by atoms with Gasteiger partial charge in [-0.05, 0) is 17.7 Å². The fourth-order valence-electron chi connectivity index (χ4n) is 1.60. The molecule has 0 amide bonds. The fraction of sp³-hybridized carbons (Fsp3) is 0.0909. The third-order valence-electron chi connectivity index (χ3n) is 2.38. The van der Waals surface area contributed by atoms with E-state index in [0.29, 0.717) is 5.56 Å². The number of hydrogen-bond acceptors (Lipinski definition) is 4. The molecular formula is C11H8FN3O4. The molecule has 0 spiro atoms. The third kappa shape index (κ3) is 2.73. The number of carbonyl (C=O) groups is 1. The Morgan fingerprint density at radius 1 is 1.53 bits per heavy atom. The maximum Gasteiger partial charge on any atom is 0.363 e. The molecule has 0 radical (unpaired) electrons. The number of carboxylic acids is 1. The van der Waals surface area contributed by atoms with Crippen molar-refractivity contribution in [3.8, 4) is 0 Å². The summed E-state index contributed by atoms with van der Waals surface area (Å²) in [5.74, 6) is -1.93. The van der Waals surface area contributed by atoms with Crippen LogP contribution in [0.4, 0.5) is 10.1 Å². The van der Waals surface area contributed by atoms with Gasteiger partial charge in [0, 0.05) is 0 Å². The lowest BCUT2D eigenvalue weighted by molar-refractivity contribution is -0.385. The zero-order chi connectivity index (χ0) is 14.0. The van der Waals surface area contributed by atoms with Crippen molar-refractivity contribution in [1.29, 1.82) is 0 Å². The fourth-order valence-corrected chi connectivity index (χ4v) is 1.60. The number of nitro groups is 1. The second-order valence-corrected chi connectivity index (χ2v) is 3.75. The molecule has 0 atom stereocenters. The van der Waals surface area contributed by atoms with Crippen molar-refractivity contribution in [2.24, 2.45) is 0 Å². The Morgan fingerprint density at radius 2 is 2.26 bits per heavy atom. The Bertz CT molecular complexity index is 622. The van der Waals surface area contributed by atoms with Crippen molar-refractivity contribution in [1.82, 2.24) is 9.78 Å². The van der Waals surface area contributed by atoms with Crippen LogP contribution >= 0.6 is 0 Å². The number of hydrogen-bond donors (Lipinski definition) is 1. The molecule has 1 aromatic heterocycles. The quantitative estimate of drug-likeness (QED) is 0.669. The van der Waals surface area contributed by atoms with E-state index < -0.39 is 28.1 Å². The van der Waals surface area contributed by atoms with Crippen LogP contribution < -0.4 is 0 Å². The zero-order valence-electron chi connectivity index (χ0n) is 9.49. The second-order valence-electron chi connectivity index (χ2n) is 3.75. The molecule has 0 saturated heterocycles. The predicted octanol–water partition coefficient (Wildman–Crippen LogP) is 1.68. The van der Waals surface area contributed by atoms with Crippen LogP contribution in [0.25, 0.3) is 0 Å². The third-order valence-corrected chi connectivity index (χ3v) is 2.38. The first-order valence-corrected chi connectivity index (χ1v) is 5.17. The second kappa shape index (κ2) is 4.84. The van der Waals surface area contributed by atoms with Crippen LogP contribution in [0.3, 0.4) is 0 Å². The van der Waals surface area contributed by atoms with E-state index in [1.807, 2.05) is 0 Å². The molecule has 0 saturated carbocycles. The summed E-state index contributed by atoms with van der Waals surface area (Å²) in [7, 11) is 0. The molecule has 1 heterocycles. The van der Waals surface area contributed by atoms with Crippen LogP contribution in [-0.4, -0.2) is 25.8 Å². The minimum absolute atomic E-state index is 0.0475. The van der Waals surface area contributed by atoms with E-state index in [2.05, 4.69) is 5.10 Å². The summed E-state index contributed by atoms with van der Waals surface area (Å²) in [6.45, 7) is 0.0475. The molecular weight excluding hydrogens is 257 g/mol. The number of halogens is 1. The molecule has 0 bridgehead atoms. The van der Waals surface area contributed by atoms with Gasteiger partial charge in [-0.1, -0.05) is 12.1 Å². The van der Waals surface area contributed by atoms with Gasteiger partial charge in [-0.15, -0.1) is 0 Å². The summed E-state index contributed by atoms with van der Waals surface area (Å²) in [6, 6.07) is 5.60. The zero-order valence-corrected chi connectivity index (χ0v) is 9.49. The smallest absolute Gasteiger partial charge is 0.363 e. The number of carboxylic acid groups (broad SMARTS) is 1. The highest BCUT2D eigenvalue weighted by Gasteiger charge is 2.25. The van der Waals surface area contributed by atoms with Crippen molar-refractivity contribution in [3.05, 3.63) is 57.7 Å². The molecule has 7 nitrogen and oxygen atoms in total. The van der Waals surface area contributed by atoms with Crippen molar-refractivity contribution in [2.45, 2.75) is 6.54 Å². The van der Waals surface area contributed by atoms with Crippen LogP contribution in [0.2, 0.25) is 0 Å². The standard InChI is InChI=1S/C11H8FN3O4/c12-8-3-1-2-7(4-8)5-14-6-9(15(18)19)10(13-14)11(16)17/h1-4,6H,5H2,(H,16,17). The number of nitrogens with zero attached hydrogens (tertiary/aromatic N) is 3. The van der Waals surface area contributed by atoms with E-state index in [0.717, 1.165) is 10.9 Å². The summed E-state index contributed by atoms with van der Waals surface area (Å²) in [6.07, 6.45) is 1.01. The molecule has 19 heavy (non-hydrogen) atoms. The Morgan fingerprint density at radius 3 is 2.79 bits per heavy atom. The summed E-state index contributed by atoms with van der Waals surface area (Å²) in [5.41, 5.74) is -0.709. The lowest BCUT2D eigenvalue weighted by atomic mass is 10.2. The van der Waals surface area contributed by atoms with Crippen LogP contribution in [-0.2, 0) is 6.54 Å². The minimum Gasteiger partial charge on any atom is -0.476 e. The van der Waals surface area contributed by atoms with Gasteiger partial charge in [-0.2, -0.15) is 5.10 Å². The van der Waals surface area contributed by atoms with E-state index in [4.69, 9.17) is 5.11 Å². The molecule has 2 aromatic rings. The van der Waals surface area contributed by atoms with Gasteiger partial charge in [0.05, 0.1) is 11.5 Å². The largest absolute Gasteiger partial charge is 0.476 e. The maximum absolute atomic E-state index is 13.0. The normalized spacial score (nSPS) is 10.4. The number of aromatic nitrogens is 2. The van der Waals surface area contributed by atoms with E-state index >= 15 is 0 Å². The average molecular weight is 265 g/mol. The van der Waals surface area contributed by atoms with Crippen LogP contribution in [0.5, 0.6) is 0 Å². The first-order chi connectivity index (χ1) is 8.97. The van der Waals surface area contributed by atoms with E-state index in [1.54, 1.807) is 6.07 Å². The van der Waals surface area contributed by atoms with Crippen molar-refractivity contribution < 1.29 is 19.2 Å². The van der Waals surface area contributed by atoms with Crippen molar-refractivity contribution >= 4 is 11.7 Å². The van der Waals surface area contributed by atoms with Gasteiger partial charge in [0.25, 0.3) is 0 Å². The van der Waals surface area contributed by atoms with Crippen LogP contribution in [0.1, 0.15) is 16.1 Å². The van der Waals surface area contributed by atoms with Crippen molar-refractivity contribution in [3.63, 3.8) is 0 Å². The van der Waals surface area contributed by atoms with Crippen LogP contribution in [0.15, 0.2) is 30.5 Å². The lowest BCUT2D eigenvalue weighted by Crippen LogP contribution is -2.04. The van der Waals surface area contributed by atoms with Gasteiger partial charge < -0.3 is 5.11 Å². The van der Waals surface area contributed by atoms with E-state index in [1.165, 1.54) is 18.2 Å². The van der Waals surface area contributed by atoms with Gasteiger partial charge in [-0.25, -0.2) is 9.18 Å².